The van der Waals surface area contributed by atoms with Gasteiger partial charge in [-0.15, -0.1) is 0 Å². The van der Waals surface area contributed by atoms with Gasteiger partial charge in [-0.1, -0.05) is 23.2 Å². The average Bonchev–Trinajstić information content (AvgIpc) is 2.55. The Balaban J connectivity index is 2.45. The van der Waals surface area contributed by atoms with Crippen LogP contribution in [0, 0.1) is 0 Å². The number of hydrogen-bond donors (Lipinski definition) is 0. The minimum absolute atomic E-state index is 0.0380. The van der Waals surface area contributed by atoms with Crippen molar-refractivity contribution < 1.29 is 26.3 Å². The molecule has 0 atom stereocenters. The lowest BCUT2D eigenvalue weighted by atomic mass is 10.2. The third-order valence-electron chi connectivity index (χ3n) is 3.43. The number of rotatable bonds is 4. The Labute approximate surface area is 152 Å². The third kappa shape index (κ3) is 3.80. The fourth-order valence-corrected chi connectivity index (χ4v) is 4.03. The van der Waals surface area contributed by atoms with Gasteiger partial charge in [0.2, 0.25) is 0 Å². The van der Waals surface area contributed by atoms with E-state index in [4.69, 9.17) is 27.9 Å². The van der Waals surface area contributed by atoms with Gasteiger partial charge in [0.25, 0.3) is 10.0 Å². The quantitative estimate of drug-likeness (QED) is 0.719. The highest BCUT2D eigenvalue weighted by atomic mass is 35.5. The molecule has 0 aliphatic carbocycles. The maximum Gasteiger partial charge on any atom is 0.416 e. The molecular formula is C15H12Cl2F3NO3S. The van der Waals surface area contributed by atoms with Gasteiger partial charge in [-0.3, -0.25) is 4.31 Å². The van der Waals surface area contributed by atoms with Crippen molar-refractivity contribution in [2.24, 2.45) is 0 Å². The summed E-state index contributed by atoms with van der Waals surface area (Å²) >= 11 is 12.0. The second kappa shape index (κ2) is 6.93. The lowest BCUT2D eigenvalue weighted by Gasteiger charge is -2.21. The summed E-state index contributed by atoms with van der Waals surface area (Å²) in [4.78, 5) is -0.289. The zero-order valence-electron chi connectivity index (χ0n) is 12.9. The number of ether oxygens (including phenoxy) is 1. The van der Waals surface area contributed by atoms with Gasteiger partial charge in [0, 0.05) is 7.05 Å². The van der Waals surface area contributed by atoms with E-state index in [0.717, 1.165) is 28.6 Å². The molecule has 0 N–H and O–H groups in total. The molecule has 2 aromatic carbocycles. The first kappa shape index (κ1) is 19.7. The predicted octanol–water partition coefficient (Wildman–Crippen LogP) is 4.85. The van der Waals surface area contributed by atoms with Crippen LogP contribution in [0.5, 0.6) is 5.75 Å². The summed E-state index contributed by atoms with van der Waals surface area (Å²) in [5.41, 5.74) is -0.844. The smallest absolute Gasteiger partial charge is 0.416 e. The fraction of sp³-hybridized carbons (Fsp3) is 0.200. The number of hydrogen-bond acceptors (Lipinski definition) is 3. The second-order valence-electron chi connectivity index (χ2n) is 4.91. The predicted molar refractivity (Wildman–Crippen MR) is 90.0 cm³/mol. The summed E-state index contributed by atoms with van der Waals surface area (Å²) in [6.07, 6.45) is -4.51. The second-order valence-corrected chi connectivity index (χ2v) is 7.60. The number of benzene rings is 2. The van der Waals surface area contributed by atoms with E-state index in [2.05, 4.69) is 0 Å². The highest BCUT2D eigenvalue weighted by molar-refractivity contribution is 7.93. The van der Waals surface area contributed by atoms with Gasteiger partial charge in [-0.05, 0) is 36.4 Å². The highest BCUT2D eigenvalue weighted by Gasteiger charge is 2.31. The Morgan fingerprint density at radius 2 is 1.56 bits per heavy atom. The molecule has 0 spiro atoms. The molecule has 2 rings (SSSR count). The lowest BCUT2D eigenvalue weighted by molar-refractivity contribution is -0.137. The van der Waals surface area contributed by atoms with Crippen molar-refractivity contribution in [3.05, 3.63) is 52.0 Å². The molecule has 0 fully saturated rings. The van der Waals surface area contributed by atoms with E-state index in [-0.39, 0.29) is 26.4 Å². The number of anilines is 1. The standard InChI is InChI=1S/C15H12Cl2F3NO3S/c1-21(10-5-3-9(4-6-10)15(18,19)20)25(22,23)12-8-7-11(24-2)13(16)14(12)17/h3-8H,1-2H3. The maximum atomic E-state index is 12.7. The van der Waals surface area contributed by atoms with Crippen LogP contribution < -0.4 is 9.04 Å². The molecule has 0 saturated carbocycles. The van der Waals surface area contributed by atoms with Gasteiger partial charge in [0.15, 0.2) is 0 Å². The molecule has 0 unspecified atom stereocenters. The van der Waals surface area contributed by atoms with Crippen molar-refractivity contribution in [1.29, 1.82) is 0 Å². The molecule has 0 radical (unpaired) electrons. The third-order valence-corrected chi connectivity index (χ3v) is 6.23. The van der Waals surface area contributed by atoms with E-state index >= 15 is 0 Å². The Bertz CT molecular complexity index is 884. The minimum Gasteiger partial charge on any atom is -0.495 e. The number of methoxy groups -OCH3 is 1. The van der Waals surface area contributed by atoms with Crippen LogP contribution in [0.1, 0.15) is 5.56 Å². The summed E-state index contributed by atoms with van der Waals surface area (Å²) in [6, 6.07) is 6.25. The SMILES string of the molecule is COc1ccc(S(=O)(=O)N(C)c2ccc(C(F)(F)F)cc2)c(Cl)c1Cl. The van der Waals surface area contributed by atoms with E-state index in [1.807, 2.05) is 0 Å². The van der Waals surface area contributed by atoms with E-state index in [0.29, 0.717) is 0 Å². The molecule has 2 aromatic rings. The van der Waals surface area contributed by atoms with Crippen LogP contribution in [0.25, 0.3) is 0 Å². The van der Waals surface area contributed by atoms with Gasteiger partial charge in [-0.25, -0.2) is 8.42 Å². The summed E-state index contributed by atoms with van der Waals surface area (Å²) in [5.74, 6) is 0.197. The van der Waals surface area contributed by atoms with E-state index < -0.39 is 21.8 Å². The van der Waals surface area contributed by atoms with Crippen LogP contribution in [0.2, 0.25) is 10.0 Å². The lowest BCUT2D eigenvalue weighted by Crippen LogP contribution is -2.27. The normalized spacial score (nSPS) is 12.1. The molecule has 136 valence electrons. The molecule has 0 heterocycles. The van der Waals surface area contributed by atoms with Crippen LogP contribution in [-0.2, 0) is 16.2 Å². The molecule has 0 bridgehead atoms. The van der Waals surface area contributed by atoms with Crippen molar-refractivity contribution in [2.75, 3.05) is 18.5 Å². The fourth-order valence-electron chi connectivity index (χ4n) is 2.02. The van der Waals surface area contributed by atoms with Gasteiger partial charge < -0.3 is 4.74 Å². The number of alkyl halides is 3. The maximum absolute atomic E-state index is 12.7. The Hall–Kier alpha value is -1.64. The summed E-state index contributed by atoms with van der Waals surface area (Å²) in [5, 5.41) is -0.314. The Kier molecular flexibility index (Phi) is 5.46. The largest absolute Gasteiger partial charge is 0.495 e. The number of halogens is 5. The molecule has 0 amide bonds. The molecule has 0 aliphatic rings. The zero-order chi connectivity index (χ0) is 19.0. The first-order valence-electron chi connectivity index (χ1n) is 6.68. The molecule has 25 heavy (non-hydrogen) atoms. The topological polar surface area (TPSA) is 46.6 Å². The Morgan fingerprint density at radius 3 is 2.04 bits per heavy atom. The molecular weight excluding hydrogens is 402 g/mol. The van der Waals surface area contributed by atoms with Gasteiger partial charge >= 0.3 is 6.18 Å². The van der Waals surface area contributed by atoms with Crippen molar-refractivity contribution in [1.82, 2.24) is 0 Å². The van der Waals surface area contributed by atoms with Gasteiger partial charge in [0.1, 0.15) is 15.7 Å². The minimum atomic E-state index is -4.51. The summed E-state index contributed by atoms with van der Waals surface area (Å²) in [6.45, 7) is 0. The summed E-state index contributed by atoms with van der Waals surface area (Å²) < 4.78 is 69.0. The van der Waals surface area contributed by atoms with E-state index in [1.54, 1.807) is 0 Å². The first-order valence-corrected chi connectivity index (χ1v) is 8.88. The van der Waals surface area contributed by atoms with Crippen molar-refractivity contribution in [3.63, 3.8) is 0 Å². The molecule has 0 aromatic heterocycles. The van der Waals surface area contributed by atoms with Crippen LogP contribution in [0.3, 0.4) is 0 Å². The molecule has 4 nitrogen and oxygen atoms in total. The zero-order valence-corrected chi connectivity index (χ0v) is 15.3. The monoisotopic (exact) mass is 413 g/mol. The van der Waals surface area contributed by atoms with Crippen LogP contribution in [0.15, 0.2) is 41.3 Å². The Morgan fingerprint density at radius 1 is 1.00 bits per heavy atom. The summed E-state index contributed by atoms with van der Waals surface area (Å²) in [7, 11) is -1.59. The average molecular weight is 414 g/mol. The van der Waals surface area contributed by atoms with Gasteiger partial charge in [0.05, 0.1) is 23.4 Å². The van der Waals surface area contributed by atoms with Crippen LogP contribution >= 0.6 is 23.2 Å². The van der Waals surface area contributed by atoms with Gasteiger partial charge in [-0.2, -0.15) is 13.2 Å². The molecule has 0 aliphatic heterocycles. The molecule has 0 saturated heterocycles. The van der Waals surface area contributed by atoms with Crippen LogP contribution in [0.4, 0.5) is 18.9 Å². The first-order chi connectivity index (χ1) is 11.5. The highest BCUT2D eigenvalue weighted by Crippen LogP contribution is 2.38. The van der Waals surface area contributed by atoms with Crippen molar-refractivity contribution >= 4 is 38.9 Å². The number of nitrogens with zero attached hydrogens (tertiary/aromatic N) is 1. The number of sulfonamides is 1. The van der Waals surface area contributed by atoms with Crippen LogP contribution in [-0.4, -0.2) is 22.6 Å². The van der Waals surface area contributed by atoms with E-state index in [1.165, 1.54) is 26.3 Å². The molecule has 10 heteroatoms. The van der Waals surface area contributed by atoms with Crippen molar-refractivity contribution in [3.8, 4) is 5.75 Å². The van der Waals surface area contributed by atoms with Crippen molar-refractivity contribution in [2.45, 2.75) is 11.1 Å². The van der Waals surface area contributed by atoms with E-state index in [9.17, 15) is 21.6 Å².